The van der Waals surface area contributed by atoms with E-state index in [1.807, 2.05) is 45.9 Å². The van der Waals surface area contributed by atoms with Crippen molar-refractivity contribution in [3.63, 3.8) is 0 Å². The lowest BCUT2D eigenvalue weighted by atomic mass is 10.1. The molecule has 1 unspecified atom stereocenters. The molecule has 0 fully saturated rings. The Morgan fingerprint density at radius 3 is 2.41 bits per heavy atom. The van der Waals surface area contributed by atoms with Crippen molar-refractivity contribution in [2.75, 3.05) is 13.2 Å². The van der Waals surface area contributed by atoms with Crippen LogP contribution in [0.25, 0.3) is 0 Å². The van der Waals surface area contributed by atoms with Gasteiger partial charge in [0.1, 0.15) is 17.9 Å². The lowest BCUT2D eigenvalue weighted by molar-refractivity contribution is 0.234. The zero-order chi connectivity index (χ0) is 12.9. The van der Waals surface area contributed by atoms with Crippen LogP contribution in [0.15, 0.2) is 18.2 Å². The van der Waals surface area contributed by atoms with E-state index in [1.165, 1.54) is 0 Å². The molecule has 0 aromatic heterocycles. The van der Waals surface area contributed by atoms with E-state index in [-0.39, 0.29) is 0 Å². The topological polar surface area (TPSA) is 45.0 Å². The molecule has 0 radical (unpaired) electrons. The van der Waals surface area contributed by atoms with Gasteiger partial charge in [0, 0.05) is 0 Å². The quantitative estimate of drug-likeness (QED) is 0.848. The standard InChI is InChI=1S/C14H20N2O/c1-5-16-14(4,9-15)10-17-13-11(2)7-6-8-12(13)3/h6-8,16H,5,10H2,1-4H3. The molecule has 0 spiro atoms. The van der Waals surface area contributed by atoms with Gasteiger partial charge in [0.25, 0.3) is 0 Å². The summed E-state index contributed by atoms with van der Waals surface area (Å²) in [4.78, 5) is 0. The summed E-state index contributed by atoms with van der Waals surface area (Å²) in [5.74, 6) is 0.881. The second kappa shape index (κ2) is 5.70. The van der Waals surface area contributed by atoms with Crippen molar-refractivity contribution < 1.29 is 4.74 Å². The fraction of sp³-hybridized carbons (Fsp3) is 0.500. The zero-order valence-electron chi connectivity index (χ0n) is 11.0. The second-order valence-corrected chi connectivity index (χ2v) is 4.48. The van der Waals surface area contributed by atoms with Gasteiger partial charge in [-0.25, -0.2) is 0 Å². The largest absolute Gasteiger partial charge is 0.490 e. The molecule has 1 aromatic carbocycles. The predicted octanol–water partition coefficient (Wildman–Crippen LogP) is 2.57. The summed E-state index contributed by atoms with van der Waals surface area (Å²) in [7, 11) is 0. The van der Waals surface area contributed by atoms with Gasteiger partial charge in [0.2, 0.25) is 0 Å². The highest BCUT2D eigenvalue weighted by Gasteiger charge is 2.23. The number of hydrogen-bond acceptors (Lipinski definition) is 3. The van der Waals surface area contributed by atoms with Crippen molar-refractivity contribution in [2.45, 2.75) is 33.2 Å². The van der Waals surface area contributed by atoms with Crippen LogP contribution >= 0.6 is 0 Å². The van der Waals surface area contributed by atoms with E-state index in [9.17, 15) is 0 Å². The average molecular weight is 232 g/mol. The molecule has 0 heterocycles. The summed E-state index contributed by atoms with van der Waals surface area (Å²) in [5.41, 5.74) is 1.56. The second-order valence-electron chi connectivity index (χ2n) is 4.48. The summed E-state index contributed by atoms with van der Waals surface area (Å²) in [6.07, 6.45) is 0. The van der Waals surface area contributed by atoms with Crippen LogP contribution in [-0.4, -0.2) is 18.7 Å². The molecule has 0 saturated heterocycles. The Bertz CT molecular complexity index is 402. The minimum atomic E-state index is -0.635. The maximum atomic E-state index is 9.14. The van der Waals surface area contributed by atoms with E-state index >= 15 is 0 Å². The van der Waals surface area contributed by atoms with Crippen LogP contribution in [0.4, 0.5) is 0 Å². The molecular formula is C14H20N2O. The predicted molar refractivity (Wildman–Crippen MR) is 69.1 cm³/mol. The van der Waals surface area contributed by atoms with Crippen LogP contribution < -0.4 is 10.1 Å². The molecule has 17 heavy (non-hydrogen) atoms. The van der Waals surface area contributed by atoms with E-state index in [4.69, 9.17) is 10.00 Å². The monoisotopic (exact) mass is 232 g/mol. The number of nitrogens with zero attached hydrogens (tertiary/aromatic N) is 1. The minimum absolute atomic E-state index is 0.350. The van der Waals surface area contributed by atoms with Gasteiger partial charge in [-0.05, 0) is 38.4 Å². The molecular weight excluding hydrogens is 212 g/mol. The molecule has 1 rings (SSSR count). The molecule has 0 bridgehead atoms. The summed E-state index contributed by atoms with van der Waals surface area (Å²) in [5, 5.41) is 12.3. The van der Waals surface area contributed by atoms with Crippen molar-refractivity contribution in [3.05, 3.63) is 29.3 Å². The summed E-state index contributed by atoms with van der Waals surface area (Å²) in [6, 6.07) is 8.28. The Morgan fingerprint density at radius 1 is 1.35 bits per heavy atom. The summed E-state index contributed by atoms with van der Waals surface area (Å²) in [6.45, 7) is 8.96. The Morgan fingerprint density at radius 2 is 1.94 bits per heavy atom. The number of hydrogen-bond donors (Lipinski definition) is 1. The Hall–Kier alpha value is -1.53. The smallest absolute Gasteiger partial charge is 0.138 e. The van der Waals surface area contributed by atoms with Crippen LogP contribution in [0.3, 0.4) is 0 Å². The molecule has 0 aliphatic heterocycles. The number of rotatable bonds is 5. The van der Waals surface area contributed by atoms with E-state index in [0.717, 1.165) is 23.4 Å². The van der Waals surface area contributed by atoms with Gasteiger partial charge in [-0.2, -0.15) is 5.26 Å². The Balaban J connectivity index is 2.77. The van der Waals surface area contributed by atoms with Crippen LogP contribution in [0.2, 0.25) is 0 Å². The van der Waals surface area contributed by atoms with Crippen molar-refractivity contribution >= 4 is 0 Å². The first-order valence-corrected chi connectivity index (χ1v) is 5.87. The van der Waals surface area contributed by atoms with Gasteiger partial charge in [0.05, 0.1) is 6.07 Å². The van der Waals surface area contributed by atoms with Gasteiger partial charge < -0.3 is 4.74 Å². The number of aryl methyl sites for hydroxylation is 2. The molecule has 1 N–H and O–H groups in total. The van der Waals surface area contributed by atoms with E-state index in [1.54, 1.807) is 0 Å². The van der Waals surface area contributed by atoms with Crippen molar-refractivity contribution in [1.29, 1.82) is 5.26 Å². The third-order valence-corrected chi connectivity index (χ3v) is 2.73. The molecule has 92 valence electrons. The molecule has 0 amide bonds. The fourth-order valence-electron chi connectivity index (χ4n) is 1.76. The maximum absolute atomic E-state index is 9.14. The first kappa shape index (κ1) is 13.5. The number of ether oxygens (including phenoxy) is 1. The van der Waals surface area contributed by atoms with Crippen LogP contribution in [0, 0.1) is 25.2 Å². The highest BCUT2D eigenvalue weighted by Crippen LogP contribution is 2.23. The highest BCUT2D eigenvalue weighted by atomic mass is 16.5. The fourth-order valence-corrected chi connectivity index (χ4v) is 1.76. The van der Waals surface area contributed by atoms with Crippen LogP contribution in [0.5, 0.6) is 5.75 Å². The van der Waals surface area contributed by atoms with Gasteiger partial charge in [0.15, 0.2) is 0 Å². The maximum Gasteiger partial charge on any atom is 0.138 e. The van der Waals surface area contributed by atoms with Gasteiger partial charge in [-0.3, -0.25) is 5.32 Å². The first-order chi connectivity index (χ1) is 8.02. The number of nitrogens with one attached hydrogen (secondary N) is 1. The molecule has 3 heteroatoms. The average Bonchev–Trinajstić information content (AvgIpc) is 2.29. The SMILES string of the molecule is CCNC(C)(C#N)COc1c(C)cccc1C. The molecule has 0 aliphatic carbocycles. The molecule has 3 nitrogen and oxygen atoms in total. The van der Waals surface area contributed by atoms with Gasteiger partial charge in [-0.1, -0.05) is 25.1 Å². The van der Waals surface area contributed by atoms with Gasteiger partial charge >= 0.3 is 0 Å². The van der Waals surface area contributed by atoms with Crippen molar-refractivity contribution in [1.82, 2.24) is 5.32 Å². The minimum Gasteiger partial charge on any atom is -0.490 e. The lowest BCUT2D eigenvalue weighted by Crippen LogP contribution is -2.46. The van der Waals surface area contributed by atoms with E-state index in [0.29, 0.717) is 6.61 Å². The number of benzene rings is 1. The first-order valence-electron chi connectivity index (χ1n) is 5.87. The molecule has 1 atom stereocenters. The van der Waals surface area contributed by atoms with Crippen LogP contribution in [-0.2, 0) is 0 Å². The number of nitriles is 1. The third kappa shape index (κ3) is 3.47. The summed E-state index contributed by atoms with van der Waals surface area (Å²) < 4.78 is 5.79. The lowest BCUT2D eigenvalue weighted by Gasteiger charge is -2.23. The number of likely N-dealkylation sites (N-methyl/N-ethyl adjacent to an activating group) is 1. The Kier molecular flexibility index (Phi) is 4.53. The third-order valence-electron chi connectivity index (χ3n) is 2.73. The zero-order valence-corrected chi connectivity index (χ0v) is 11.0. The molecule has 0 saturated carbocycles. The Labute approximate surface area is 103 Å². The van der Waals surface area contributed by atoms with E-state index in [2.05, 4.69) is 11.4 Å². The van der Waals surface area contributed by atoms with E-state index < -0.39 is 5.54 Å². The molecule has 1 aromatic rings. The molecule has 0 aliphatic rings. The highest BCUT2D eigenvalue weighted by molar-refractivity contribution is 5.39. The number of para-hydroxylation sites is 1. The normalized spacial score (nSPS) is 13.8. The van der Waals surface area contributed by atoms with Crippen molar-refractivity contribution in [2.24, 2.45) is 0 Å². The van der Waals surface area contributed by atoms with Gasteiger partial charge in [-0.15, -0.1) is 0 Å². The van der Waals surface area contributed by atoms with Crippen LogP contribution in [0.1, 0.15) is 25.0 Å². The summed E-state index contributed by atoms with van der Waals surface area (Å²) >= 11 is 0. The van der Waals surface area contributed by atoms with Crippen molar-refractivity contribution in [3.8, 4) is 11.8 Å².